The molecule has 3 atom stereocenters. The molecule has 0 radical (unpaired) electrons. The Bertz CT molecular complexity index is 671. The van der Waals surface area contributed by atoms with E-state index in [1.54, 1.807) is 12.1 Å². The number of anilines is 2. The standard InChI is InChI=1S/C19H21FN2O/c20-14-2-7-16(8-3-14)22-12-13-1-6-17(22)11-19(13)23-18-9-4-15(21)5-10-18/h2-5,7-10,13,17,19H,1,6,11-12,21H2. The van der Waals surface area contributed by atoms with Crippen LogP contribution in [0.3, 0.4) is 0 Å². The average molecular weight is 312 g/mol. The molecule has 3 nitrogen and oxygen atoms in total. The van der Waals surface area contributed by atoms with Crippen LogP contribution in [-0.4, -0.2) is 18.7 Å². The Morgan fingerprint density at radius 1 is 1.00 bits per heavy atom. The highest BCUT2D eigenvalue weighted by molar-refractivity contribution is 5.49. The number of ether oxygens (including phenoxy) is 1. The third-order valence-corrected chi connectivity index (χ3v) is 5.10. The maximum Gasteiger partial charge on any atom is 0.123 e. The molecule has 3 unspecified atom stereocenters. The van der Waals surface area contributed by atoms with E-state index in [2.05, 4.69) is 4.90 Å². The number of benzene rings is 2. The minimum absolute atomic E-state index is 0.180. The SMILES string of the molecule is Nc1ccc(OC2CC3CCC2CN3c2ccc(F)cc2)cc1. The maximum absolute atomic E-state index is 13.1. The number of rotatable bonds is 3. The Morgan fingerprint density at radius 2 is 1.74 bits per heavy atom. The molecular weight excluding hydrogens is 291 g/mol. The van der Waals surface area contributed by atoms with Crippen molar-refractivity contribution >= 4 is 11.4 Å². The van der Waals surface area contributed by atoms with Gasteiger partial charge in [0.1, 0.15) is 17.7 Å². The fraction of sp³-hybridized carbons (Fsp3) is 0.368. The number of nitrogens with zero attached hydrogens (tertiary/aromatic N) is 1. The zero-order valence-corrected chi connectivity index (χ0v) is 13.0. The van der Waals surface area contributed by atoms with E-state index < -0.39 is 0 Å². The zero-order valence-electron chi connectivity index (χ0n) is 13.0. The molecule has 5 rings (SSSR count). The molecule has 2 saturated heterocycles. The number of piperidine rings is 2. The van der Waals surface area contributed by atoms with Gasteiger partial charge in [0.2, 0.25) is 0 Å². The maximum atomic E-state index is 13.1. The van der Waals surface area contributed by atoms with Gasteiger partial charge in [0.05, 0.1) is 0 Å². The van der Waals surface area contributed by atoms with Crippen LogP contribution in [0.4, 0.5) is 15.8 Å². The van der Waals surface area contributed by atoms with Crippen molar-refractivity contribution < 1.29 is 9.13 Å². The molecule has 2 N–H and O–H groups in total. The quantitative estimate of drug-likeness (QED) is 0.875. The zero-order chi connectivity index (χ0) is 15.8. The molecule has 4 heteroatoms. The number of fused-ring (bicyclic) bond motifs is 3. The number of hydrogen-bond donors (Lipinski definition) is 1. The van der Waals surface area contributed by atoms with Crippen molar-refractivity contribution in [3.8, 4) is 5.75 Å². The van der Waals surface area contributed by atoms with Crippen LogP contribution < -0.4 is 15.4 Å². The van der Waals surface area contributed by atoms with Gasteiger partial charge in [0.15, 0.2) is 0 Å². The second kappa shape index (κ2) is 5.76. The van der Waals surface area contributed by atoms with Gasteiger partial charge in [-0.1, -0.05) is 0 Å². The van der Waals surface area contributed by atoms with E-state index >= 15 is 0 Å². The highest BCUT2D eigenvalue weighted by atomic mass is 19.1. The Morgan fingerprint density at radius 3 is 2.39 bits per heavy atom. The van der Waals surface area contributed by atoms with E-state index in [1.165, 1.54) is 12.8 Å². The summed E-state index contributed by atoms with van der Waals surface area (Å²) in [6, 6.07) is 15.0. The van der Waals surface area contributed by atoms with Crippen molar-refractivity contribution in [3.63, 3.8) is 0 Å². The molecule has 2 aliphatic heterocycles. The van der Waals surface area contributed by atoms with Gasteiger partial charge < -0.3 is 15.4 Å². The van der Waals surface area contributed by atoms with Crippen LogP contribution in [0.15, 0.2) is 48.5 Å². The predicted molar refractivity (Wildman–Crippen MR) is 90.1 cm³/mol. The van der Waals surface area contributed by atoms with E-state index in [0.717, 1.165) is 30.1 Å². The lowest BCUT2D eigenvalue weighted by Gasteiger charge is -2.50. The minimum atomic E-state index is -0.180. The van der Waals surface area contributed by atoms with Gasteiger partial charge >= 0.3 is 0 Å². The molecule has 0 amide bonds. The summed E-state index contributed by atoms with van der Waals surface area (Å²) in [5, 5.41) is 0. The Hall–Kier alpha value is -2.23. The summed E-state index contributed by atoms with van der Waals surface area (Å²) in [6.45, 7) is 0.982. The smallest absolute Gasteiger partial charge is 0.123 e. The largest absolute Gasteiger partial charge is 0.490 e. The van der Waals surface area contributed by atoms with E-state index in [-0.39, 0.29) is 11.9 Å². The third-order valence-electron chi connectivity index (χ3n) is 5.10. The Kier molecular flexibility index (Phi) is 3.60. The highest BCUT2D eigenvalue weighted by Crippen LogP contribution is 2.39. The fourth-order valence-corrected chi connectivity index (χ4v) is 3.88. The van der Waals surface area contributed by atoms with Crippen LogP contribution in [-0.2, 0) is 0 Å². The first-order chi connectivity index (χ1) is 11.2. The van der Waals surface area contributed by atoms with Crippen molar-refractivity contribution in [1.29, 1.82) is 0 Å². The summed E-state index contributed by atoms with van der Waals surface area (Å²) in [5.41, 5.74) is 7.60. The van der Waals surface area contributed by atoms with Crippen molar-refractivity contribution in [2.45, 2.75) is 31.4 Å². The van der Waals surface area contributed by atoms with Crippen molar-refractivity contribution in [2.24, 2.45) is 5.92 Å². The number of nitrogen functional groups attached to an aromatic ring is 1. The third kappa shape index (κ3) is 2.85. The fourth-order valence-electron chi connectivity index (χ4n) is 3.88. The summed E-state index contributed by atoms with van der Waals surface area (Å²) in [4.78, 5) is 2.41. The molecular formula is C19H21FN2O. The highest BCUT2D eigenvalue weighted by Gasteiger charge is 2.41. The first-order valence-electron chi connectivity index (χ1n) is 8.23. The molecule has 1 saturated carbocycles. The minimum Gasteiger partial charge on any atom is -0.490 e. The van der Waals surface area contributed by atoms with Crippen LogP contribution >= 0.6 is 0 Å². The second-order valence-corrected chi connectivity index (χ2v) is 6.58. The predicted octanol–water partition coefficient (Wildman–Crippen LogP) is 3.84. The normalized spacial score (nSPS) is 26.3. The summed E-state index contributed by atoms with van der Waals surface area (Å²) in [6.07, 6.45) is 3.66. The first kappa shape index (κ1) is 14.4. The lowest BCUT2D eigenvalue weighted by atomic mass is 9.77. The van der Waals surface area contributed by atoms with E-state index in [4.69, 9.17) is 10.5 Å². The van der Waals surface area contributed by atoms with Gasteiger partial charge in [0.25, 0.3) is 0 Å². The molecule has 2 heterocycles. The number of nitrogens with two attached hydrogens (primary N) is 1. The van der Waals surface area contributed by atoms with Crippen LogP contribution in [0.5, 0.6) is 5.75 Å². The average Bonchev–Trinajstić information content (AvgIpc) is 2.58. The topological polar surface area (TPSA) is 38.5 Å². The number of hydrogen-bond acceptors (Lipinski definition) is 3. The summed E-state index contributed by atoms with van der Waals surface area (Å²) in [7, 11) is 0. The number of halogens is 1. The van der Waals surface area contributed by atoms with Gasteiger partial charge in [-0.05, 0) is 61.4 Å². The molecule has 1 aliphatic carbocycles. The lowest BCUT2D eigenvalue weighted by Crippen LogP contribution is -2.55. The summed E-state index contributed by atoms with van der Waals surface area (Å²) < 4.78 is 19.3. The molecule has 2 aromatic carbocycles. The molecule has 120 valence electrons. The molecule has 3 fully saturated rings. The summed E-state index contributed by atoms with van der Waals surface area (Å²) in [5.74, 6) is 1.23. The van der Waals surface area contributed by atoms with Gasteiger partial charge in [-0.3, -0.25) is 0 Å². The van der Waals surface area contributed by atoms with Gasteiger partial charge in [-0.15, -0.1) is 0 Å². The van der Waals surface area contributed by atoms with E-state index in [0.29, 0.717) is 12.0 Å². The van der Waals surface area contributed by atoms with Crippen LogP contribution in [0.1, 0.15) is 19.3 Å². The van der Waals surface area contributed by atoms with Gasteiger partial charge in [-0.2, -0.15) is 0 Å². The summed E-state index contributed by atoms with van der Waals surface area (Å²) >= 11 is 0. The molecule has 0 aromatic heterocycles. The molecule has 2 bridgehead atoms. The molecule has 2 aromatic rings. The molecule has 0 spiro atoms. The van der Waals surface area contributed by atoms with Gasteiger partial charge in [-0.25, -0.2) is 4.39 Å². The lowest BCUT2D eigenvalue weighted by molar-refractivity contribution is 0.0572. The first-order valence-corrected chi connectivity index (χ1v) is 8.23. The van der Waals surface area contributed by atoms with Crippen molar-refractivity contribution in [2.75, 3.05) is 17.2 Å². The van der Waals surface area contributed by atoms with Crippen LogP contribution in [0, 0.1) is 11.7 Å². The molecule has 23 heavy (non-hydrogen) atoms. The second-order valence-electron chi connectivity index (χ2n) is 6.58. The molecule has 3 aliphatic rings. The monoisotopic (exact) mass is 312 g/mol. The van der Waals surface area contributed by atoms with Crippen molar-refractivity contribution in [3.05, 3.63) is 54.3 Å². The van der Waals surface area contributed by atoms with E-state index in [1.807, 2.05) is 36.4 Å². The van der Waals surface area contributed by atoms with Crippen LogP contribution in [0.25, 0.3) is 0 Å². The Balaban J connectivity index is 1.47. The van der Waals surface area contributed by atoms with Crippen LogP contribution in [0.2, 0.25) is 0 Å². The van der Waals surface area contributed by atoms with E-state index in [9.17, 15) is 4.39 Å². The van der Waals surface area contributed by atoms with Crippen molar-refractivity contribution in [1.82, 2.24) is 0 Å². The van der Waals surface area contributed by atoms with Gasteiger partial charge in [0, 0.05) is 36.3 Å². The Labute approximate surface area is 135 Å².